The highest BCUT2D eigenvalue weighted by Crippen LogP contribution is 2.09. The quantitative estimate of drug-likeness (QED) is 0.788. The molecule has 2 rings (SSSR count). The molecule has 0 saturated heterocycles. The van der Waals surface area contributed by atoms with E-state index in [0.29, 0.717) is 4.88 Å². The van der Waals surface area contributed by atoms with Crippen LogP contribution in [0.2, 0.25) is 0 Å². The fraction of sp³-hybridized carbons (Fsp3) is 0.100. The smallest absolute Gasteiger partial charge is 0.293 e. The maximum absolute atomic E-state index is 11.7. The van der Waals surface area contributed by atoms with E-state index in [-0.39, 0.29) is 12.3 Å². The van der Waals surface area contributed by atoms with Crippen LogP contribution >= 0.6 is 11.3 Å². The molecule has 5 nitrogen and oxygen atoms in total. The lowest BCUT2D eigenvalue weighted by molar-refractivity contribution is 0.0974. The summed E-state index contributed by atoms with van der Waals surface area (Å²) in [7, 11) is 0. The summed E-state index contributed by atoms with van der Waals surface area (Å²) in [5, 5.41) is 1.79. The Labute approximate surface area is 94.0 Å². The molecule has 2 aromatic rings. The number of ketones is 1. The van der Waals surface area contributed by atoms with E-state index in [1.165, 1.54) is 28.2 Å². The predicted octanol–water partition coefficient (Wildman–Crippen LogP) is 0.481. The number of hydrogen-bond donors (Lipinski definition) is 1. The molecule has 0 amide bonds. The van der Waals surface area contributed by atoms with Gasteiger partial charge in [-0.1, -0.05) is 6.07 Å². The molecule has 0 saturated carbocycles. The van der Waals surface area contributed by atoms with Gasteiger partial charge in [0.15, 0.2) is 5.78 Å². The van der Waals surface area contributed by atoms with Gasteiger partial charge in [-0.3, -0.25) is 19.1 Å². The van der Waals surface area contributed by atoms with Gasteiger partial charge in [0, 0.05) is 12.3 Å². The number of thiophene rings is 1. The average Bonchev–Trinajstić information content (AvgIpc) is 2.75. The number of aromatic amines is 1. The lowest BCUT2D eigenvalue weighted by Gasteiger charge is -2.01. The lowest BCUT2D eigenvalue weighted by atomic mass is 10.3. The van der Waals surface area contributed by atoms with Crippen LogP contribution in [0, 0.1) is 0 Å². The fourth-order valence-electron chi connectivity index (χ4n) is 1.24. The monoisotopic (exact) mass is 236 g/mol. The van der Waals surface area contributed by atoms with Crippen LogP contribution in [-0.2, 0) is 6.54 Å². The Morgan fingerprint density at radius 3 is 2.81 bits per heavy atom. The molecule has 0 unspecified atom stereocenters. The van der Waals surface area contributed by atoms with Crippen molar-refractivity contribution in [2.75, 3.05) is 0 Å². The average molecular weight is 236 g/mol. The highest BCUT2D eigenvalue weighted by molar-refractivity contribution is 7.12. The molecular formula is C10H8N2O3S. The van der Waals surface area contributed by atoms with Gasteiger partial charge < -0.3 is 0 Å². The molecule has 0 aliphatic rings. The summed E-state index contributed by atoms with van der Waals surface area (Å²) >= 11 is 1.32. The number of carbonyl (C=O) groups excluding carboxylic acids is 1. The van der Waals surface area contributed by atoms with E-state index in [9.17, 15) is 14.4 Å². The van der Waals surface area contributed by atoms with E-state index in [1.807, 2.05) is 0 Å². The molecule has 0 aliphatic carbocycles. The molecule has 16 heavy (non-hydrogen) atoms. The first-order valence-corrected chi connectivity index (χ1v) is 5.41. The Kier molecular flexibility index (Phi) is 2.82. The summed E-state index contributed by atoms with van der Waals surface area (Å²) in [5.74, 6) is -0.149. The number of aromatic nitrogens is 2. The van der Waals surface area contributed by atoms with Gasteiger partial charge in [-0.05, 0) is 11.4 Å². The molecule has 82 valence electrons. The van der Waals surface area contributed by atoms with Crippen molar-refractivity contribution >= 4 is 17.1 Å². The minimum Gasteiger partial charge on any atom is -0.293 e. The number of nitrogens with zero attached hydrogens (tertiary/aromatic N) is 1. The van der Waals surface area contributed by atoms with E-state index in [0.717, 1.165) is 0 Å². The third-order valence-corrected chi connectivity index (χ3v) is 2.92. The topological polar surface area (TPSA) is 71.9 Å². The van der Waals surface area contributed by atoms with Gasteiger partial charge in [-0.15, -0.1) is 11.3 Å². The van der Waals surface area contributed by atoms with Crippen molar-refractivity contribution in [2.45, 2.75) is 6.54 Å². The summed E-state index contributed by atoms with van der Waals surface area (Å²) in [6.45, 7) is -0.0594. The fourth-order valence-corrected chi connectivity index (χ4v) is 1.90. The maximum atomic E-state index is 11.7. The van der Waals surface area contributed by atoms with Crippen molar-refractivity contribution in [3.8, 4) is 0 Å². The summed E-state index contributed by atoms with van der Waals surface area (Å²) in [5.41, 5.74) is -1.04. The Morgan fingerprint density at radius 2 is 2.19 bits per heavy atom. The van der Waals surface area contributed by atoms with Crippen LogP contribution in [0.5, 0.6) is 0 Å². The molecular weight excluding hydrogens is 228 g/mol. The van der Waals surface area contributed by atoms with Crippen LogP contribution in [0.3, 0.4) is 0 Å². The second-order valence-electron chi connectivity index (χ2n) is 3.14. The van der Waals surface area contributed by atoms with Crippen LogP contribution in [0.15, 0.2) is 39.4 Å². The second-order valence-corrected chi connectivity index (χ2v) is 4.09. The first-order chi connectivity index (χ1) is 7.66. The Morgan fingerprint density at radius 1 is 1.38 bits per heavy atom. The zero-order chi connectivity index (χ0) is 11.5. The van der Waals surface area contributed by atoms with E-state index in [1.54, 1.807) is 17.5 Å². The first-order valence-electron chi connectivity index (χ1n) is 4.53. The predicted molar refractivity (Wildman–Crippen MR) is 60.0 cm³/mol. The normalized spacial score (nSPS) is 10.2. The molecule has 2 aromatic heterocycles. The SMILES string of the molecule is O=C(Cn1ccc(=O)[nH]c1=O)c1cccs1. The Hall–Kier alpha value is -1.95. The molecule has 0 fully saturated rings. The minimum atomic E-state index is -0.572. The second kappa shape index (κ2) is 4.28. The zero-order valence-electron chi connectivity index (χ0n) is 8.17. The van der Waals surface area contributed by atoms with Gasteiger partial charge in [0.2, 0.25) is 0 Å². The summed E-state index contributed by atoms with van der Waals surface area (Å²) < 4.78 is 1.17. The third kappa shape index (κ3) is 2.17. The number of hydrogen-bond acceptors (Lipinski definition) is 4. The van der Waals surface area contributed by atoms with Crippen LogP contribution < -0.4 is 11.2 Å². The third-order valence-electron chi connectivity index (χ3n) is 2.01. The minimum absolute atomic E-state index is 0.0594. The standard InChI is InChI=1S/C10H8N2O3S/c13-7(8-2-1-5-16-8)6-12-4-3-9(14)11-10(12)15/h1-5H,6H2,(H,11,14,15). The van der Waals surface area contributed by atoms with Crippen molar-refractivity contribution in [2.24, 2.45) is 0 Å². The van der Waals surface area contributed by atoms with Gasteiger partial charge in [-0.2, -0.15) is 0 Å². The summed E-state index contributed by atoms with van der Waals surface area (Å²) in [6.07, 6.45) is 1.31. The zero-order valence-corrected chi connectivity index (χ0v) is 8.99. The van der Waals surface area contributed by atoms with Crippen LogP contribution in [-0.4, -0.2) is 15.3 Å². The van der Waals surface area contributed by atoms with Crippen LogP contribution in [0.25, 0.3) is 0 Å². The molecule has 0 atom stereocenters. The molecule has 0 aromatic carbocycles. The Bertz CT molecular complexity index is 609. The van der Waals surface area contributed by atoms with E-state index < -0.39 is 11.2 Å². The first kappa shape index (κ1) is 10.6. The molecule has 0 radical (unpaired) electrons. The molecule has 0 bridgehead atoms. The number of nitrogens with one attached hydrogen (secondary N) is 1. The van der Waals surface area contributed by atoms with Crippen LogP contribution in [0.1, 0.15) is 9.67 Å². The maximum Gasteiger partial charge on any atom is 0.328 e. The van der Waals surface area contributed by atoms with Gasteiger partial charge in [0.05, 0.1) is 11.4 Å². The highest BCUT2D eigenvalue weighted by atomic mass is 32.1. The van der Waals surface area contributed by atoms with E-state index in [4.69, 9.17) is 0 Å². The van der Waals surface area contributed by atoms with Gasteiger partial charge in [-0.25, -0.2) is 4.79 Å². The van der Waals surface area contributed by atoms with E-state index >= 15 is 0 Å². The Balaban J connectivity index is 2.25. The van der Waals surface area contributed by atoms with Gasteiger partial charge in [0.1, 0.15) is 0 Å². The molecule has 2 heterocycles. The van der Waals surface area contributed by atoms with Crippen LogP contribution in [0.4, 0.5) is 0 Å². The lowest BCUT2D eigenvalue weighted by Crippen LogP contribution is -2.30. The van der Waals surface area contributed by atoms with Gasteiger partial charge in [0.25, 0.3) is 5.56 Å². The van der Waals surface area contributed by atoms with Crippen molar-refractivity contribution in [3.63, 3.8) is 0 Å². The number of carbonyl (C=O) groups is 1. The summed E-state index contributed by atoms with van der Waals surface area (Å²) in [6, 6.07) is 4.68. The number of H-pyrrole nitrogens is 1. The van der Waals surface area contributed by atoms with Crippen molar-refractivity contribution in [3.05, 3.63) is 55.5 Å². The molecule has 1 N–H and O–H groups in total. The highest BCUT2D eigenvalue weighted by Gasteiger charge is 2.08. The molecule has 0 aliphatic heterocycles. The molecule has 6 heteroatoms. The van der Waals surface area contributed by atoms with Crippen molar-refractivity contribution < 1.29 is 4.79 Å². The molecule has 0 spiro atoms. The number of rotatable bonds is 3. The van der Waals surface area contributed by atoms with Crippen molar-refractivity contribution in [1.82, 2.24) is 9.55 Å². The summed E-state index contributed by atoms with van der Waals surface area (Å²) in [4.78, 5) is 36.5. The largest absolute Gasteiger partial charge is 0.328 e. The van der Waals surface area contributed by atoms with Gasteiger partial charge >= 0.3 is 5.69 Å². The van der Waals surface area contributed by atoms with E-state index in [2.05, 4.69) is 4.98 Å². The number of Topliss-reactive ketones (excluding diaryl/α,β-unsaturated/α-hetero) is 1. The van der Waals surface area contributed by atoms with Crippen molar-refractivity contribution in [1.29, 1.82) is 0 Å².